The summed E-state index contributed by atoms with van der Waals surface area (Å²) >= 11 is 0. The molecule has 0 bridgehead atoms. The summed E-state index contributed by atoms with van der Waals surface area (Å²) in [7, 11) is 3.33. The molecule has 2 aromatic rings. The second-order valence-electron chi connectivity index (χ2n) is 5.86. The van der Waals surface area contributed by atoms with Gasteiger partial charge in [-0.2, -0.15) is 10.1 Å². The number of hydrogen-bond donors (Lipinski definition) is 1. The Bertz CT molecular complexity index is 730. The molecule has 8 heteroatoms. The van der Waals surface area contributed by atoms with Gasteiger partial charge in [0, 0.05) is 13.2 Å². The van der Waals surface area contributed by atoms with Gasteiger partial charge < -0.3 is 14.8 Å². The Labute approximate surface area is 140 Å². The Morgan fingerprint density at radius 3 is 2.92 bits per heavy atom. The van der Waals surface area contributed by atoms with Gasteiger partial charge in [0.15, 0.2) is 5.75 Å². The Kier molecular flexibility index (Phi) is 4.64. The Morgan fingerprint density at radius 2 is 2.21 bits per heavy atom. The first-order valence-corrected chi connectivity index (χ1v) is 7.90. The summed E-state index contributed by atoms with van der Waals surface area (Å²) in [6, 6.07) is -0.0660. The minimum Gasteiger partial charge on any atom is -0.485 e. The number of rotatable bonds is 5. The highest BCUT2D eigenvalue weighted by Gasteiger charge is 2.31. The van der Waals surface area contributed by atoms with Gasteiger partial charge in [0.25, 0.3) is 5.91 Å². The number of aromatic nitrogens is 4. The lowest BCUT2D eigenvalue weighted by Gasteiger charge is -2.21. The quantitative estimate of drug-likeness (QED) is 0.887. The zero-order valence-corrected chi connectivity index (χ0v) is 14.0. The zero-order valence-electron chi connectivity index (χ0n) is 14.0. The highest BCUT2D eigenvalue weighted by Crippen LogP contribution is 2.25. The molecule has 1 N–H and O–H groups in total. The van der Waals surface area contributed by atoms with E-state index in [1.54, 1.807) is 17.8 Å². The van der Waals surface area contributed by atoms with Gasteiger partial charge in [-0.15, -0.1) is 0 Å². The number of carbonyl (C=O) groups excluding carboxylic acids is 1. The lowest BCUT2D eigenvalue weighted by molar-refractivity contribution is 0.0889. The van der Waals surface area contributed by atoms with Gasteiger partial charge in [0.05, 0.1) is 25.5 Å². The molecule has 2 heterocycles. The highest BCUT2D eigenvalue weighted by molar-refractivity contribution is 5.96. The number of aryl methyl sites for hydroxylation is 2. The van der Waals surface area contributed by atoms with Crippen LogP contribution in [-0.2, 0) is 7.05 Å². The van der Waals surface area contributed by atoms with Crippen LogP contribution in [0.15, 0.2) is 18.6 Å². The summed E-state index contributed by atoms with van der Waals surface area (Å²) in [5.41, 5.74) is 0.329. The third-order valence-electron chi connectivity index (χ3n) is 4.05. The molecule has 1 aliphatic carbocycles. The molecule has 0 aliphatic heterocycles. The molecule has 8 nitrogen and oxygen atoms in total. The zero-order chi connectivity index (χ0) is 17.1. The van der Waals surface area contributed by atoms with E-state index in [-0.39, 0.29) is 23.9 Å². The largest absolute Gasteiger partial charge is 0.485 e. The molecule has 128 valence electrons. The summed E-state index contributed by atoms with van der Waals surface area (Å²) in [6.07, 6.45) is 7.66. The average Bonchev–Trinajstić information content (AvgIpc) is 3.16. The molecule has 0 radical (unpaired) electrons. The van der Waals surface area contributed by atoms with Crippen LogP contribution >= 0.6 is 0 Å². The van der Waals surface area contributed by atoms with Crippen molar-refractivity contribution in [1.82, 2.24) is 25.1 Å². The fourth-order valence-electron chi connectivity index (χ4n) is 2.87. The first-order valence-electron chi connectivity index (χ1n) is 7.90. The van der Waals surface area contributed by atoms with E-state index in [2.05, 4.69) is 20.4 Å². The van der Waals surface area contributed by atoms with Crippen LogP contribution < -0.4 is 14.8 Å². The Morgan fingerprint density at radius 1 is 1.38 bits per heavy atom. The van der Waals surface area contributed by atoms with Crippen LogP contribution in [0.2, 0.25) is 0 Å². The van der Waals surface area contributed by atoms with Crippen LogP contribution in [0.1, 0.15) is 35.4 Å². The van der Waals surface area contributed by atoms with Crippen LogP contribution in [0.3, 0.4) is 0 Å². The Balaban J connectivity index is 1.69. The second-order valence-corrected chi connectivity index (χ2v) is 5.86. The van der Waals surface area contributed by atoms with Gasteiger partial charge in [-0.3, -0.25) is 9.48 Å². The minimum atomic E-state index is -0.251. The minimum absolute atomic E-state index is 0.0660. The molecule has 24 heavy (non-hydrogen) atoms. The fourth-order valence-corrected chi connectivity index (χ4v) is 2.87. The molecule has 0 unspecified atom stereocenters. The van der Waals surface area contributed by atoms with E-state index in [1.165, 1.54) is 13.3 Å². The van der Waals surface area contributed by atoms with Crippen LogP contribution in [0.25, 0.3) is 0 Å². The number of hydrogen-bond acceptors (Lipinski definition) is 6. The highest BCUT2D eigenvalue weighted by atomic mass is 16.5. The van der Waals surface area contributed by atoms with Gasteiger partial charge in [-0.25, -0.2) is 4.98 Å². The monoisotopic (exact) mass is 331 g/mol. The molecular weight excluding hydrogens is 310 g/mol. The number of nitrogens with zero attached hydrogens (tertiary/aromatic N) is 4. The molecule has 2 atom stereocenters. The van der Waals surface area contributed by atoms with E-state index in [0.717, 1.165) is 19.3 Å². The van der Waals surface area contributed by atoms with E-state index < -0.39 is 0 Å². The van der Waals surface area contributed by atoms with Crippen LogP contribution in [-0.4, -0.2) is 44.9 Å². The van der Waals surface area contributed by atoms with Crippen molar-refractivity contribution in [1.29, 1.82) is 0 Å². The van der Waals surface area contributed by atoms with Crippen molar-refractivity contribution in [3.8, 4) is 11.6 Å². The SMILES string of the molecule is COc1nc(C)ncc1C(=O)N[C@H]1CCC[C@H]1Oc1cnn(C)c1. The first kappa shape index (κ1) is 16.2. The second kappa shape index (κ2) is 6.86. The summed E-state index contributed by atoms with van der Waals surface area (Å²) < 4.78 is 12.8. The number of methoxy groups -OCH3 is 1. The van der Waals surface area contributed by atoms with Crippen molar-refractivity contribution in [2.24, 2.45) is 7.05 Å². The van der Waals surface area contributed by atoms with Crippen molar-refractivity contribution < 1.29 is 14.3 Å². The maximum absolute atomic E-state index is 12.6. The van der Waals surface area contributed by atoms with Gasteiger partial charge in [-0.1, -0.05) is 0 Å². The van der Waals surface area contributed by atoms with Crippen molar-refractivity contribution in [3.63, 3.8) is 0 Å². The molecule has 0 saturated heterocycles. The predicted octanol–water partition coefficient (Wildman–Crippen LogP) is 1.26. The maximum atomic E-state index is 12.6. The topological polar surface area (TPSA) is 91.2 Å². The molecule has 1 fully saturated rings. The van der Waals surface area contributed by atoms with Crippen LogP contribution in [0, 0.1) is 6.92 Å². The maximum Gasteiger partial charge on any atom is 0.258 e. The first-order chi connectivity index (χ1) is 11.6. The van der Waals surface area contributed by atoms with Gasteiger partial charge in [0.1, 0.15) is 17.5 Å². The van der Waals surface area contributed by atoms with Gasteiger partial charge >= 0.3 is 0 Å². The summed E-state index contributed by atoms with van der Waals surface area (Å²) in [5, 5.41) is 7.11. The molecule has 0 spiro atoms. The van der Waals surface area contributed by atoms with Crippen LogP contribution in [0.5, 0.6) is 11.6 Å². The summed E-state index contributed by atoms with van der Waals surface area (Å²) in [6.45, 7) is 1.75. The Hall–Kier alpha value is -2.64. The third-order valence-corrected chi connectivity index (χ3v) is 4.05. The van der Waals surface area contributed by atoms with Crippen molar-refractivity contribution >= 4 is 5.91 Å². The molecular formula is C16H21N5O3. The standard InChI is InChI=1S/C16H21N5O3/c1-10-17-8-12(16(19-10)23-3)15(22)20-13-5-4-6-14(13)24-11-7-18-21(2)9-11/h7-9,13-14H,4-6H2,1-3H3,(H,20,22)/t13-,14+/m0/s1. The molecule has 1 amide bonds. The summed E-state index contributed by atoms with van der Waals surface area (Å²) in [5.74, 6) is 1.29. The number of ether oxygens (including phenoxy) is 2. The smallest absolute Gasteiger partial charge is 0.258 e. The molecule has 2 aromatic heterocycles. The predicted molar refractivity (Wildman–Crippen MR) is 86.1 cm³/mol. The van der Waals surface area contributed by atoms with E-state index in [4.69, 9.17) is 9.47 Å². The van der Waals surface area contributed by atoms with E-state index in [9.17, 15) is 4.79 Å². The fraction of sp³-hybridized carbons (Fsp3) is 0.500. The number of nitrogens with one attached hydrogen (secondary N) is 1. The van der Waals surface area contributed by atoms with Gasteiger partial charge in [-0.05, 0) is 26.2 Å². The average molecular weight is 331 g/mol. The number of carbonyl (C=O) groups is 1. The van der Waals surface area contributed by atoms with Crippen LogP contribution in [0.4, 0.5) is 0 Å². The van der Waals surface area contributed by atoms with Crippen molar-refractivity contribution in [2.75, 3.05) is 7.11 Å². The van der Waals surface area contributed by atoms with E-state index in [0.29, 0.717) is 17.1 Å². The number of amides is 1. The molecule has 1 saturated carbocycles. The van der Waals surface area contributed by atoms with Crippen molar-refractivity contribution in [2.45, 2.75) is 38.3 Å². The molecule has 3 rings (SSSR count). The molecule has 1 aliphatic rings. The van der Waals surface area contributed by atoms with E-state index >= 15 is 0 Å². The van der Waals surface area contributed by atoms with Crippen molar-refractivity contribution in [3.05, 3.63) is 30.0 Å². The van der Waals surface area contributed by atoms with Gasteiger partial charge in [0.2, 0.25) is 5.88 Å². The van der Waals surface area contributed by atoms with E-state index in [1.807, 2.05) is 13.2 Å². The summed E-state index contributed by atoms with van der Waals surface area (Å²) in [4.78, 5) is 20.8. The third kappa shape index (κ3) is 3.47. The normalized spacial score (nSPS) is 20.0. The molecule has 0 aromatic carbocycles. The lowest BCUT2D eigenvalue weighted by Crippen LogP contribution is -2.42. The lowest BCUT2D eigenvalue weighted by atomic mass is 10.2.